The number of aliphatic carboxylic acids is 1. The predicted octanol–water partition coefficient (Wildman–Crippen LogP) is 2.93. The molecule has 0 aromatic heterocycles. The second kappa shape index (κ2) is 12.2. The summed E-state index contributed by atoms with van der Waals surface area (Å²) in [4.78, 5) is 10.5. The van der Waals surface area contributed by atoms with E-state index < -0.39 is 24.3 Å². The second-order valence-corrected chi connectivity index (χ2v) is 8.15. The van der Waals surface area contributed by atoms with Crippen LogP contribution in [0.3, 0.4) is 0 Å². The number of carboxylic acids is 1. The summed E-state index contributed by atoms with van der Waals surface area (Å²) in [5.74, 6) is -0.583. The number of hydrogen-bond acceptors (Lipinski definition) is 5. The quantitative estimate of drug-likeness (QED) is 0.230. The molecule has 0 aromatic carbocycles. The number of rotatable bonds is 11. The summed E-state index contributed by atoms with van der Waals surface area (Å²) in [5.41, 5.74) is 0. The van der Waals surface area contributed by atoms with E-state index in [0.29, 0.717) is 31.4 Å². The number of halogens is 1. The summed E-state index contributed by atoms with van der Waals surface area (Å²) in [7, 11) is 0. The fourth-order valence-electron chi connectivity index (χ4n) is 3.65. The number of alkyl halides is 1. The lowest BCUT2D eigenvalue weighted by Gasteiger charge is -2.20. The van der Waals surface area contributed by atoms with Gasteiger partial charge in [-0.25, -0.2) is 0 Å². The third-order valence-electron chi connectivity index (χ3n) is 5.22. The summed E-state index contributed by atoms with van der Waals surface area (Å²) in [6.07, 6.45) is 13.7. The lowest BCUT2D eigenvalue weighted by molar-refractivity contribution is -0.137. The molecule has 0 saturated heterocycles. The number of ether oxygens (including phenoxy) is 1. The van der Waals surface area contributed by atoms with E-state index >= 15 is 0 Å². The first-order chi connectivity index (χ1) is 13.9. The van der Waals surface area contributed by atoms with Crippen LogP contribution in [0, 0.1) is 11.8 Å². The molecule has 1 fully saturated rings. The molecule has 2 aliphatic carbocycles. The molecule has 0 aromatic rings. The van der Waals surface area contributed by atoms with Crippen LogP contribution in [-0.4, -0.2) is 56.7 Å². The molecule has 6 atom stereocenters. The molecule has 2 rings (SSSR count). The molecule has 0 heterocycles. The van der Waals surface area contributed by atoms with Crippen LogP contribution in [0.25, 0.3) is 0 Å². The van der Waals surface area contributed by atoms with Crippen LogP contribution < -0.4 is 0 Å². The SMILES string of the molecule is O=C(O)CCC/C=C\C[C@@H]1[C@@H](/C=C/[C@@H](O)COC2=CC(Cl)CC=C2)[C@H](O)C[C@@H]1O. The van der Waals surface area contributed by atoms with Crippen molar-refractivity contribution in [1.29, 1.82) is 0 Å². The first-order valence-electron chi connectivity index (χ1n) is 10.1. The van der Waals surface area contributed by atoms with Crippen molar-refractivity contribution in [2.45, 2.75) is 62.2 Å². The lowest BCUT2D eigenvalue weighted by Crippen LogP contribution is -2.21. The van der Waals surface area contributed by atoms with Gasteiger partial charge in [0.05, 0.1) is 17.6 Å². The maximum absolute atomic E-state index is 10.5. The van der Waals surface area contributed by atoms with Crippen molar-refractivity contribution in [2.75, 3.05) is 6.61 Å². The van der Waals surface area contributed by atoms with Crippen LogP contribution in [0.4, 0.5) is 0 Å². The molecular formula is C22H31ClO6. The minimum atomic E-state index is -0.836. The van der Waals surface area contributed by atoms with Crippen molar-refractivity contribution >= 4 is 17.6 Å². The number of carboxylic acid groups (broad SMARTS) is 1. The van der Waals surface area contributed by atoms with Gasteiger partial charge in [-0.05, 0) is 43.8 Å². The zero-order valence-electron chi connectivity index (χ0n) is 16.4. The minimum absolute atomic E-state index is 0.0792. The van der Waals surface area contributed by atoms with Crippen LogP contribution in [0.2, 0.25) is 0 Å². The van der Waals surface area contributed by atoms with Crippen LogP contribution >= 0.6 is 11.6 Å². The molecular weight excluding hydrogens is 396 g/mol. The molecule has 2 aliphatic rings. The fraction of sp³-hybridized carbons (Fsp3) is 0.591. The molecule has 29 heavy (non-hydrogen) atoms. The van der Waals surface area contributed by atoms with Crippen molar-refractivity contribution in [3.8, 4) is 0 Å². The monoisotopic (exact) mass is 426 g/mol. The Kier molecular flexibility index (Phi) is 9.94. The van der Waals surface area contributed by atoms with Crippen LogP contribution in [0.15, 0.2) is 48.3 Å². The van der Waals surface area contributed by atoms with Gasteiger partial charge in [-0.3, -0.25) is 4.79 Å². The highest BCUT2D eigenvalue weighted by Crippen LogP contribution is 2.36. The second-order valence-electron chi connectivity index (χ2n) is 7.59. The van der Waals surface area contributed by atoms with Gasteiger partial charge in [0.15, 0.2) is 0 Å². The zero-order valence-corrected chi connectivity index (χ0v) is 17.2. The number of unbranched alkanes of at least 4 members (excludes halogenated alkanes) is 1. The van der Waals surface area contributed by atoms with Crippen LogP contribution in [-0.2, 0) is 9.53 Å². The van der Waals surface area contributed by atoms with Gasteiger partial charge in [-0.1, -0.05) is 30.4 Å². The molecule has 0 radical (unpaired) electrons. The number of carbonyl (C=O) groups is 1. The number of allylic oxidation sites excluding steroid dienone is 5. The topological polar surface area (TPSA) is 107 Å². The summed E-state index contributed by atoms with van der Waals surface area (Å²) in [5, 5.41) is 39.2. The van der Waals surface area contributed by atoms with Crippen LogP contribution in [0.1, 0.15) is 38.5 Å². The highest BCUT2D eigenvalue weighted by molar-refractivity contribution is 6.22. The van der Waals surface area contributed by atoms with Crippen molar-refractivity contribution in [3.63, 3.8) is 0 Å². The molecule has 0 amide bonds. The smallest absolute Gasteiger partial charge is 0.303 e. The van der Waals surface area contributed by atoms with Crippen molar-refractivity contribution in [3.05, 3.63) is 48.3 Å². The average molecular weight is 427 g/mol. The van der Waals surface area contributed by atoms with E-state index in [-0.39, 0.29) is 30.2 Å². The first-order valence-corrected chi connectivity index (χ1v) is 10.5. The van der Waals surface area contributed by atoms with E-state index in [1.54, 1.807) is 18.2 Å². The molecule has 7 heteroatoms. The Bertz CT molecular complexity index is 641. The Morgan fingerprint density at radius 3 is 2.83 bits per heavy atom. The normalized spacial score (nSPS) is 30.8. The maximum atomic E-state index is 10.5. The van der Waals surface area contributed by atoms with Crippen molar-refractivity contribution in [1.82, 2.24) is 0 Å². The van der Waals surface area contributed by atoms with E-state index in [1.165, 1.54) is 0 Å². The Hall–Kier alpha value is -1.60. The molecule has 4 N–H and O–H groups in total. The molecule has 0 bridgehead atoms. The maximum Gasteiger partial charge on any atom is 0.303 e. The third kappa shape index (κ3) is 8.34. The fourth-order valence-corrected chi connectivity index (χ4v) is 3.88. The number of hydrogen-bond donors (Lipinski definition) is 4. The Labute approximate surface area is 176 Å². The summed E-state index contributed by atoms with van der Waals surface area (Å²) < 4.78 is 5.55. The zero-order chi connectivity index (χ0) is 21.2. The molecule has 0 aliphatic heterocycles. The van der Waals surface area contributed by atoms with Gasteiger partial charge < -0.3 is 25.2 Å². The summed E-state index contributed by atoms with van der Waals surface area (Å²) in [6.45, 7) is 0.0792. The molecule has 1 unspecified atom stereocenters. The van der Waals surface area contributed by atoms with E-state index in [0.717, 1.165) is 6.42 Å². The van der Waals surface area contributed by atoms with Gasteiger partial charge in [-0.2, -0.15) is 0 Å². The van der Waals surface area contributed by atoms with E-state index in [1.807, 2.05) is 24.3 Å². The standard InChI is InChI=1S/C22H31ClO6/c23-15-6-5-7-17(12-15)29-14-16(24)10-11-19-18(20(25)13-21(19)26)8-3-1-2-4-9-22(27)28/h1,3,5,7,10-12,15-16,18-21,24-26H,2,4,6,8-9,13-14H2,(H,27,28)/b3-1-,11-10+/t15?,16-,18-,19-,20+,21-/m1/s1. The van der Waals surface area contributed by atoms with Crippen LogP contribution in [0.5, 0.6) is 0 Å². The van der Waals surface area contributed by atoms with E-state index in [2.05, 4.69) is 0 Å². The molecule has 162 valence electrons. The Morgan fingerprint density at radius 1 is 1.31 bits per heavy atom. The molecule has 0 spiro atoms. The van der Waals surface area contributed by atoms with Gasteiger partial charge in [0.2, 0.25) is 0 Å². The van der Waals surface area contributed by atoms with E-state index in [9.17, 15) is 20.1 Å². The minimum Gasteiger partial charge on any atom is -0.491 e. The summed E-state index contributed by atoms with van der Waals surface area (Å²) in [6, 6.07) is 0. The summed E-state index contributed by atoms with van der Waals surface area (Å²) >= 11 is 6.04. The van der Waals surface area contributed by atoms with Crippen molar-refractivity contribution in [2.24, 2.45) is 11.8 Å². The molecule has 6 nitrogen and oxygen atoms in total. The highest BCUT2D eigenvalue weighted by atomic mass is 35.5. The highest BCUT2D eigenvalue weighted by Gasteiger charge is 2.39. The average Bonchev–Trinajstić information content (AvgIpc) is 2.93. The molecule has 1 saturated carbocycles. The van der Waals surface area contributed by atoms with Crippen molar-refractivity contribution < 1.29 is 30.0 Å². The predicted molar refractivity (Wildman–Crippen MR) is 111 cm³/mol. The Balaban J connectivity index is 1.81. The number of aliphatic hydroxyl groups excluding tert-OH is 3. The largest absolute Gasteiger partial charge is 0.491 e. The van der Waals surface area contributed by atoms with Gasteiger partial charge in [-0.15, -0.1) is 11.6 Å². The van der Waals surface area contributed by atoms with Gasteiger partial charge in [0, 0.05) is 18.8 Å². The number of aliphatic hydroxyl groups is 3. The van der Waals surface area contributed by atoms with E-state index in [4.69, 9.17) is 21.4 Å². The Morgan fingerprint density at radius 2 is 2.10 bits per heavy atom. The van der Waals surface area contributed by atoms with Gasteiger partial charge in [0.25, 0.3) is 0 Å². The van der Waals surface area contributed by atoms with Gasteiger partial charge in [0.1, 0.15) is 18.5 Å². The lowest BCUT2D eigenvalue weighted by atomic mass is 9.89. The third-order valence-corrected chi connectivity index (χ3v) is 5.52. The first kappa shape index (κ1) is 23.7. The van der Waals surface area contributed by atoms with Gasteiger partial charge >= 0.3 is 5.97 Å².